The molecule has 2 aromatic rings. The summed E-state index contributed by atoms with van der Waals surface area (Å²) in [5.41, 5.74) is 0.158. The lowest BCUT2D eigenvalue weighted by Gasteiger charge is -2.04. The molecule has 90 valence electrons. The highest BCUT2D eigenvalue weighted by Gasteiger charge is 1.98. The molecule has 0 atom stereocenters. The van der Waals surface area contributed by atoms with Crippen molar-refractivity contribution < 1.29 is 0 Å². The van der Waals surface area contributed by atoms with Crippen molar-refractivity contribution in [2.24, 2.45) is 0 Å². The highest BCUT2D eigenvalue weighted by atomic mass is 16.1. The fourth-order valence-corrected chi connectivity index (χ4v) is 1.36. The zero-order valence-electron chi connectivity index (χ0n) is 9.55. The first-order chi connectivity index (χ1) is 8.25. The van der Waals surface area contributed by atoms with Gasteiger partial charge < -0.3 is 9.88 Å². The van der Waals surface area contributed by atoms with Gasteiger partial charge in [-0.25, -0.2) is 4.98 Å². The van der Waals surface area contributed by atoms with Crippen LogP contribution in [-0.4, -0.2) is 31.3 Å². The number of rotatable bonds is 5. The molecule has 0 radical (unpaired) electrons. The standard InChI is InChI=1S/C10H14N6O/c1-8-9(17)13-10(15-14-8)12-3-2-5-16-6-4-11-7-16/h4,6-7H,2-3,5H2,1H3,(H2,12,13,15,17). The van der Waals surface area contributed by atoms with Crippen molar-refractivity contribution in [3.05, 3.63) is 34.8 Å². The molecule has 0 aliphatic rings. The average molecular weight is 234 g/mol. The maximum Gasteiger partial charge on any atom is 0.273 e. The number of nitrogens with zero attached hydrogens (tertiary/aromatic N) is 4. The molecule has 0 aliphatic carbocycles. The number of aryl methyl sites for hydroxylation is 2. The molecule has 0 aliphatic heterocycles. The van der Waals surface area contributed by atoms with Crippen molar-refractivity contribution in [2.45, 2.75) is 19.9 Å². The van der Waals surface area contributed by atoms with E-state index in [1.165, 1.54) is 0 Å². The van der Waals surface area contributed by atoms with Crippen molar-refractivity contribution in [1.29, 1.82) is 0 Å². The van der Waals surface area contributed by atoms with Gasteiger partial charge in [0.2, 0.25) is 5.95 Å². The molecule has 7 heteroatoms. The van der Waals surface area contributed by atoms with Gasteiger partial charge in [-0.1, -0.05) is 0 Å². The lowest BCUT2D eigenvalue weighted by atomic mass is 10.4. The molecule has 0 saturated carbocycles. The van der Waals surface area contributed by atoms with Crippen LogP contribution in [0.5, 0.6) is 0 Å². The summed E-state index contributed by atoms with van der Waals surface area (Å²) in [5, 5.41) is 10.6. The van der Waals surface area contributed by atoms with E-state index in [-0.39, 0.29) is 5.56 Å². The van der Waals surface area contributed by atoms with E-state index in [0.717, 1.165) is 13.0 Å². The Hall–Kier alpha value is -2.18. The molecule has 0 fully saturated rings. The largest absolute Gasteiger partial charge is 0.354 e. The third-order valence-corrected chi connectivity index (χ3v) is 2.31. The van der Waals surface area contributed by atoms with Gasteiger partial charge in [-0.2, -0.15) is 0 Å². The van der Waals surface area contributed by atoms with Crippen LogP contribution in [0.1, 0.15) is 12.1 Å². The molecule has 17 heavy (non-hydrogen) atoms. The Morgan fingerprint density at radius 1 is 1.47 bits per heavy atom. The van der Waals surface area contributed by atoms with E-state index < -0.39 is 0 Å². The third kappa shape index (κ3) is 3.13. The van der Waals surface area contributed by atoms with Gasteiger partial charge >= 0.3 is 0 Å². The van der Waals surface area contributed by atoms with Crippen LogP contribution in [0.4, 0.5) is 5.95 Å². The summed E-state index contributed by atoms with van der Waals surface area (Å²) in [4.78, 5) is 17.8. The van der Waals surface area contributed by atoms with Gasteiger partial charge in [0, 0.05) is 25.5 Å². The van der Waals surface area contributed by atoms with Gasteiger partial charge in [0.1, 0.15) is 5.69 Å². The average Bonchev–Trinajstić information content (AvgIpc) is 2.82. The summed E-state index contributed by atoms with van der Waals surface area (Å²) < 4.78 is 1.99. The van der Waals surface area contributed by atoms with E-state index in [2.05, 4.69) is 25.5 Å². The van der Waals surface area contributed by atoms with Crippen molar-refractivity contribution in [3.63, 3.8) is 0 Å². The second-order valence-electron chi connectivity index (χ2n) is 3.67. The summed E-state index contributed by atoms with van der Waals surface area (Å²) >= 11 is 0. The fraction of sp³-hybridized carbons (Fsp3) is 0.400. The smallest absolute Gasteiger partial charge is 0.273 e. The Morgan fingerprint density at radius 2 is 2.35 bits per heavy atom. The van der Waals surface area contributed by atoms with Crippen LogP contribution in [0.25, 0.3) is 0 Å². The van der Waals surface area contributed by atoms with Crippen LogP contribution < -0.4 is 10.9 Å². The number of imidazole rings is 1. The maximum absolute atomic E-state index is 11.2. The van der Waals surface area contributed by atoms with Gasteiger partial charge in [0.25, 0.3) is 5.56 Å². The Bertz CT molecular complexity index is 518. The van der Waals surface area contributed by atoms with Crippen LogP contribution in [0.3, 0.4) is 0 Å². The number of nitrogens with one attached hydrogen (secondary N) is 2. The number of aromatic nitrogens is 5. The van der Waals surface area contributed by atoms with Crippen molar-refractivity contribution >= 4 is 5.95 Å². The van der Waals surface area contributed by atoms with E-state index in [1.54, 1.807) is 19.4 Å². The van der Waals surface area contributed by atoms with E-state index in [1.807, 2.05) is 10.8 Å². The normalized spacial score (nSPS) is 10.4. The number of aromatic amines is 1. The monoisotopic (exact) mass is 234 g/mol. The summed E-state index contributed by atoms with van der Waals surface area (Å²) in [6.07, 6.45) is 6.34. The second-order valence-corrected chi connectivity index (χ2v) is 3.67. The molecule has 2 N–H and O–H groups in total. The van der Waals surface area contributed by atoms with Gasteiger partial charge in [0.15, 0.2) is 0 Å². The lowest BCUT2D eigenvalue weighted by Crippen LogP contribution is -2.18. The Labute approximate surface area is 97.9 Å². The Kier molecular flexibility index (Phi) is 3.49. The van der Waals surface area contributed by atoms with E-state index in [9.17, 15) is 4.79 Å². The summed E-state index contributed by atoms with van der Waals surface area (Å²) in [6.45, 7) is 3.21. The van der Waals surface area contributed by atoms with E-state index in [4.69, 9.17) is 0 Å². The van der Waals surface area contributed by atoms with Crippen LogP contribution in [-0.2, 0) is 6.54 Å². The van der Waals surface area contributed by atoms with Crippen molar-refractivity contribution in [2.75, 3.05) is 11.9 Å². The van der Waals surface area contributed by atoms with Crippen molar-refractivity contribution in [3.8, 4) is 0 Å². The van der Waals surface area contributed by atoms with E-state index >= 15 is 0 Å². The quantitative estimate of drug-likeness (QED) is 0.720. The highest BCUT2D eigenvalue weighted by molar-refractivity contribution is 5.20. The van der Waals surface area contributed by atoms with Gasteiger partial charge in [0.05, 0.1) is 6.33 Å². The first kappa shape index (κ1) is 11.3. The van der Waals surface area contributed by atoms with Crippen LogP contribution in [0.2, 0.25) is 0 Å². The molecule has 2 rings (SSSR count). The molecule has 2 heterocycles. The summed E-state index contributed by atoms with van der Waals surface area (Å²) in [6, 6.07) is 0. The molecule has 0 spiro atoms. The topological polar surface area (TPSA) is 88.5 Å². The molecule has 0 bridgehead atoms. The number of H-pyrrole nitrogens is 1. The summed E-state index contributed by atoms with van der Waals surface area (Å²) in [5.74, 6) is 0.409. The van der Waals surface area contributed by atoms with Gasteiger partial charge in [-0.15, -0.1) is 10.2 Å². The lowest BCUT2D eigenvalue weighted by molar-refractivity contribution is 0.658. The zero-order valence-corrected chi connectivity index (χ0v) is 9.55. The molecule has 2 aromatic heterocycles. The number of anilines is 1. The zero-order chi connectivity index (χ0) is 12.1. The maximum atomic E-state index is 11.2. The van der Waals surface area contributed by atoms with Crippen LogP contribution in [0.15, 0.2) is 23.5 Å². The highest BCUT2D eigenvalue weighted by Crippen LogP contribution is 1.94. The molecule has 0 aromatic carbocycles. The minimum atomic E-state index is -0.211. The SMILES string of the molecule is Cc1nnc(NCCCn2ccnc2)[nH]c1=O. The third-order valence-electron chi connectivity index (χ3n) is 2.31. The Balaban J connectivity index is 1.78. The number of hydrogen-bond acceptors (Lipinski definition) is 5. The van der Waals surface area contributed by atoms with Crippen LogP contribution >= 0.6 is 0 Å². The van der Waals surface area contributed by atoms with Gasteiger partial charge in [-0.05, 0) is 13.3 Å². The van der Waals surface area contributed by atoms with Crippen molar-refractivity contribution in [1.82, 2.24) is 24.7 Å². The fourth-order valence-electron chi connectivity index (χ4n) is 1.36. The van der Waals surface area contributed by atoms with Gasteiger partial charge in [-0.3, -0.25) is 9.78 Å². The van der Waals surface area contributed by atoms with E-state index in [0.29, 0.717) is 18.2 Å². The second kappa shape index (κ2) is 5.24. The van der Waals surface area contributed by atoms with Crippen LogP contribution in [0, 0.1) is 6.92 Å². The molecule has 7 nitrogen and oxygen atoms in total. The molecular formula is C10H14N6O. The number of hydrogen-bond donors (Lipinski definition) is 2. The minimum Gasteiger partial charge on any atom is -0.354 e. The molecule has 0 saturated heterocycles. The summed E-state index contributed by atoms with van der Waals surface area (Å²) in [7, 11) is 0. The molecule has 0 amide bonds. The molecule has 0 unspecified atom stereocenters. The first-order valence-electron chi connectivity index (χ1n) is 5.39. The Morgan fingerprint density at radius 3 is 3.06 bits per heavy atom. The predicted octanol–water partition coefficient (Wildman–Crippen LogP) is 0.172. The molecular weight excluding hydrogens is 220 g/mol. The predicted molar refractivity (Wildman–Crippen MR) is 62.7 cm³/mol. The first-order valence-corrected chi connectivity index (χ1v) is 5.39. The minimum absolute atomic E-state index is 0.211.